The van der Waals surface area contributed by atoms with Crippen LogP contribution in [-0.4, -0.2) is 24.7 Å². The van der Waals surface area contributed by atoms with Gasteiger partial charge in [0.15, 0.2) is 0 Å². The fraction of sp³-hybridized carbons (Fsp3) is 0.786. The lowest BCUT2D eigenvalue weighted by Crippen LogP contribution is -2.54. The van der Waals surface area contributed by atoms with Gasteiger partial charge in [0.05, 0.1) is 11.6 Å². The molecule has 2 atom stereocenters. The van der Waals surface area contributed by atoms with Gasteiger partial charge in [-0.15, -0.1) is 11.3 Å². The highest BCUT2D eigenvalue weighted by Gasteiger charge is 2.44. The molecule has 1 N–H and O–H groups in total. The van der Waals surface area contributed by atoms with Gasteiger partial charge in [-0.1, -0.05) is 19.8 Å². The lowest BCUT2D eigenvalue weighted by molar-refractivity contribution is -0.0154. The Morgan fingerprint density at radius 1 is 1.56 bits per heavy atom. The van der Waals surface area contributed by atoms with Gasteiger partial charge >= 0.3 is 0 Å². The quantitative estimate of drug-likeness (QED) is 0.890. The zero-order valence-electron chi connectivity index (χ0n) is 11.7. The van der Waals surface area contributed by atoms with Crippen LogP contribution in [0.3, 0.4) is 0 Å². The van der Waals surface area contributed by atoms with Crippen LogP contribution in [0.5, 0.6) is 0 Å². The molecule has 0 bridgehead atoms. The van der Waals surface area contributed by atoms with Crippen molar-refractivity contribution < 1.29 is 4.74 Å². The monoisotopic (exact) mass is 268 g/mol. The SMILES string of the molecule is CCCNC1(c2nc(C)cs2)CCCCC1OC. The van der Waals surface area contributed by atoms with Crippen LogP contribution in [-0.2, 0) is 10.3 Å². The van der Waals surface area contributed by atoms with Gasteiger partial charge in [0.25, 0.3) is 0 Å². The van der Waals surface area contributed by atoms with Crippen LogP contribution in [0.15, 0.2) is 5.38 Å². The van der Waals surface area contributed by atoms with Gasteiger partial charge in [-0.3, -0.25) is 0 Å². The summed E-state index contributed by atoms with van der Waals surface area (Å²) in [6, 6.07) is 0. The third-order valence-electron chi connectivity index (χ3n) is 3.81. The van der Waals surface area contributed by atoms with E-state index in [1.54, 1.807) is 11.3 Å². The third kappa shape index (κ3) is 2.60. The van der Waals surface area contributed by atoms with Crippen molar-refractivity contribution in [3.05, 3.63) is 16.1 Å². The van der Waals surface area contributed by atoms with Crippen LogP contribution in [0.4, 0.5) is 0 Å². The van der Waals surface area contributed by atoms with Gasteiger partial charge in [0.2, 0.25) is 0 Å². The summed E-state index contributed by atoms with van der Waals surface area (Å²) in [4.78, 5) is 4.73. The van der Waals surface area contributed by atoms with E-state index in [9.17, 15) is 0 Å². The maximum Gasteiger partial charge on any atom is 0.116 e. The Morgan fingerprint density at radius 2 is 2.39 bits per heavy atom. The molecule has 4 heteroatoms. The van der Waals surface area contributed by atoms with Gasteiger partial charge in [-0.2, -0.15) is 0 Å². The topological polar surface area (TPSA) is 34.2 Å². The van der Waals surface area contributed by atoms with Crippen molar-refractivity contribution in [2.75, 3.05) is 13.7 Å². The van der Waals surface area contributed by atoms with E-state index in [1.165, 1.54) is 17.8 Å². The maximum absolute atomic E-state index is 5.77. The number of rotatable bonds is 5. The fourth-order valence-corrected chi connectivity index (χ4v) is 3.94. The smallest absolute Gasteiger partial charge is 0.116 e. The number of thiazole rings is 1. The summed E-state index contributed by atoms with van der Waals surface area (Å²) in [5.41, 5.74) is 1.06. The molecule has 102 valence electrons. The summed E-state index contributed by atoms with van der Waals surface area (Å²) in [5.74, 6) is 0. The van der Waals surface area contributed by atoms with Crippen molar-refractivity contribution in [1.82, 2.24) is 10.3 Å². The van der Waals surface area contributed by atoms with E-state index in [0.717, 1.165) is 31.5 Å². The predicted octanol–water partition coefficient (Wildman–Crippen LogP) is 3.24. The molecular formula is C14H24N2OS. The highest BCUT2D eigenvalue weighted by molar-refractivity contribution is 7.09. The number of nitrogens with zero attached hydrogens (tertiary/aromatic N) is 1. The Balaban J connectivity index is 2.31. The molecule has 0 spiro atoms. The van der Waals surface area contributed by atoms with Crippen LogP contribution in [0.1, 0.15) is 49.7 Å². The molecule has 0 aromatic carbocycles. The van der Waals surface area contributed by atoms with Gasteiger partial charge < -0.3 is 10.1 Å². The Labute approximate surface area is 114 Å². The highest BCUT2D eigenvalue weighted by Crippen LogP contribution is 2.40. The van der Waals surface area contributed by atoms with Crippen molar-refractivity contribution in [1.29, 1.82) is 0 Å². The summed E-state index contributed by atoms with van der Waals surface area (Å²) in [7, 11) is 1.83. The van der Waals surface area contributed by atoms with Gasteiger partial charge in [-0.25, -0.2) is 4.98 Å². The normalized spacial score (nSPS) is 28.5. The van der Waals surface area contributed by atoms with E-state index >= 15 is 0 Å². The molecule has 18 heavy (non-hydrogen) atoms. The summed E-state index contributed by atoms with van der Waals surface area (Å²) in [5, 5.41) is 7.09. The largest absolute Gasteiger partial charge is 0.379 e. The molecular weight excluding hydrogens is 244 g/mol. The van der Waals surface area contributed by atoms with Crippen LogP contribution in [0.25, 0.3) is 0 Å². The number of hydrogen-bond acceptors (Lipinski definition) is 4. The first-order valence-corrected chi connectivity index (χ1v) is 7.81. The lowest BCUT2D eigenvalue weighted by atomic mass is 9.79. The average Bonchev–Trinajstić information content (AvgIpc) is 2.83. The van der Waals surface area contributed by atoms with Crippen molar-refractivity contribution in [3.63, 3.8) is 0 Å². The molecule has 1 fully saturated rings. The van der Waals surface area contributed by atoms with Crippen LogP contribution in [0.2, 0.25) is 0 Å². The molecule has 2 unspecified atom stereocenters. The van der Waals surface area contributed by atoms with Crippen LogP contribution in [0, 0.1) is 6.92 Å². The highest BCUT2D eigenvalue weighted by atomic mass is 32.1. The molecule has 1 aliphatic carbocycles. The van der Waals surface area contributed by atoms with Gasteiger partial charge in [0, 0.05) is 18.2 Å². The molecule has 0 amide bonds. The number of nitrogens with one attached hydrogen (secondary N) is 1. The Hall–Kier alpha value is -0.450. The van der Waals surface area contributed by atoms with Crippen molar-refractivity contribution in [3.8, 4) is 0 Å². The predicted molar refractivity (Wildman–Crippen MR) is 76.1 cm³/mol. The molecule has 1 saturated carbocycles. The van der Waals surface area contributed by atoms with E-state index in [-0.39, 0.29) is 11.6 Å². The third-order valence-corrected chi connectivity index (χ3v) is 4.95. The van der Waals surface area contributed by atoms with E-state index in [2.05, 4.69) is 24.5 Å². The first-order valence-electron chi connectivity index (χ1n) is 6.93. The van der Waals surface area contributed by atoms with E-state index in [0.29, 0.717) is 0 Å². The molecule has 1 aromatic heterocycles. The number of aromatic nitrogens is 1. The number of ether oxygens (including phenoxy) is 1. The second-order valence-electron chi connectivity index (χ2n) is 5.16. The fourth-order valence-electron chi connectivity index (χ4n) is 2.89. The van der Waals surface area contributed by atoms with Crippen LogP contribution >= 0.6 is 11.3 Å². The molecule has 3 nitrogen and oxygen atoms in total. The van der Waals surface area contributed by atoms with Crippen molar-refractivity contribution in [2.24, 2.45) is 0 Å². The minimum Gasteiger partial charge on any atom is -0.379 e. The lowest BCUT2D eigenvalue weighted by Gasteiger charge is -2.42. The van der Waals surface area contributed by atoms with Crippen molar-refractivity contribution in [2.45, 2.75) is 57.6 Å². The molecule has 0 radical (unpaired) electrons. The standard InChI is InChI=1S/C14H24N2OS/c1-4-9-15-14(13-16-11(2)10-18-13)8-6-5-7-12(14)17-3/h10,12,15H,4-9H2,1-3H3. The molecule has 0 saturated heterocycles. The summed E-state index contributed by atoms with van der Waals surface area (Å²) >= 11 is 1.77. The number of methoxy groups -OCH3 is 1. The second-order valence-corrected chi connectivity index (χ2v) is 6.02. The maximum atomic E-state index is 5.77. The van der Waals surface area contributed by atoms with Crippen molar-refractivity contribution >= 4 is 11.3 Å². The zero-order chi connectivity index (χ0) is 13.0. The van der Waals surface area contributed by atoms with Gasteiger partial charge in [0.1, 0.15) is 5.01 Å². The minimum atomic E-state index is -0.0536. The van der Waals surface area contributed by atoms with Crippen LogP contribution < -0.4 is 5.32 Å². The molecule has 1 aromatic rings. The molecule has 2 rings (SSSR count). The second kappa shape index (κ2) is 6.13. The first kappa shape index (κ1) is 14.0. The average molecular weight is 268 g/mol. The van der Waals surface area contributed by atoms with Gasteiger partial charge in [-0.05, 0) is 32.7 Å². The Kier molecular flexibility index (Phi) is 4.76. The number of hydrogen-bond donors (Lipinski definition) is 1. The zero-order valence-corrected chi connectivity index (χ0v) is 12.5. The number of aryl methyl sites for hydroxylation is 1. The molecule has 0 aliphatic heterocycles. The Bertz CT molecular complexity index is 380. The first-order chi connectivity index (χ1) is 8.73. The Morgan fingerprint density at radius 3 is 3.00 bits per heavy atom. The summed E-state index contributed by atoms with van der Waals surface area (Å²) in [6.45, 7) is 5.30. The minimum absolute atomic E-state index is 0.0536. The summed E-state index contributed by atoms with van der Waals surface area (Å²) in [6.07, 6.45) is 6.18. The molecule has 1 heterocycles. The summed E-state index contributed by atoms with van der Waals surface area (Å²) < 4.78 is 5.77. The van der Waals surface area contributed by atoms with E-state index in [4.69, 9.17) is 9.72 Å². The van der Waals surface area contributed by atoms with E-state index in [1.807, 2.05) is 7.11 Å². The van der Waals surface area contributed by atoms with E-state index < -0.39 is 0 Å². The molecule has 1 aliphatic rings.